The molecule has 1 atom stereocenters. The standard InChI is InChI=1S/C20H24BrN3O3/c1-14(15-4-6-17(21)7-5-15)23-20(26)24-10-8-16(9-11-24)19(25)22-13-18-3-2-12-27-18/h2-7,12,14,16H,8-11,13H2,1H3,(H,22,25)(H,23,26). The van der Waals surface area contributed by atoms with Gasteiger partial charge in [0.25, 0.3) is 0 Å². The highest BCUT2D eigenvalue weighted by Gasteiger charge is 2.27. The SMILES string of the molecule is CC(NC(=O)N1CCC(C(=O)NCc2ccco2)CC1)c1ccc(Br)cc1. The van der Waals surface area contributed by atoms with E-state index >= 15 is 0 Å². The first-order valence-electron chi connectivity index (χ1n) is 9.14. The van der Waals surface area contributed by atoms with Crippen molar-refractivity contribution in [3.8, 4) is 0 Å². The number of hydrogen-bond donors (Lipinski definition) is 2. The van der Waals surface area contributed by atoms with E-state index in [-0.39, 0.29) is 23.9 Å². The van der Waals surface area contributed by atoms with Crippen molar-refractivity contribution in [2.24, 2.45) is 5.92 Å². The van der Waals surface area contributed by atoms with Gasteiger partial charge in [-0.15, -0.1) is 0 Å². The molecule has 0 aliphatic carbocycles. The van der Waals surface area contributed by atoms with Gasteiger partial charge in [0.15, 0.2) is 0 Å². The summed E-state index contributed by atoms with van der Waals surface area (Å²) in [7, 11) is 0. The highest BCUT2D eigenvalue weighted by molar-refractivity contribution is 9.10. The van der Waals surface area contributed by atoms with Gasteiger partial charge in [-0.05, 0) is 49.6 Å². The molecule has 1 aliphatic rings. The molecule has 7 heteroatoms. The van der Waals surface area contributed by atoms with Crippen molar-refractivity contribution in [2.75, 3.05) is 13.1 Å². The summed E-state index contributed by atoms with van der Waals surface area (Å²) in [4.78, 5) is 26.6. The number of urea groups is 1. The summed E-state index contributed by atoms with van der Waals surface area (Å²) < 4.78 is 6.23. The Labute approximate surface area is 167 Å². The van der Waals surface area contributed by atoms with Crippen LogP contribution in [-0.4, -0.2) is 29.9 Å². The number of nitrogens with zero attached hydrogens (tertiary/aromatic N) is 1. The van der Waals surface area contributed by atoms with Crippen LogP contribution in [0.5, 0.6) is 0 Å². The second-order valence-corrected chi connectivity index (χ2v) is 7.70. The zero-order valence-electron chi connectivity index (χ0n) is 15.3. The van der Waals surface area contributed by atoms with Crippen LogP contribution >= 0.6 is 15.9 Å². The molecule has 2 heterocycles. The minimum Gasteiger partial charge on any atom is -0.467 e. The topological polar surface area (TPSA) is 74.6 Å². The smallest absolute Gasteiger partial charge is 0.317 e. The predicted molar refractivity (Wildman–Crippen MR) is 106 cm³/mol. The predicted octanol–water partition coefficient (Wildman–Crippen LogP) is 3.84. The Kier molecular flexibility index (Phi) is 6.55. The maximum absolute atomic E-state index is 12.5. The molecular formula is C20H24BrN3O3. The van der Waals surface area contributed by atoms with Gasteiger partial charge in [-0.1, -0.05) is 28.1 Å². The van der Waals surface area contributed by atoms with E-state index in [1.807, 2.05) is 37.3 Å². The van der Waals surface area contributed by atoms with E-state index < -0.39 is 0 Å². The van der Waals surface area contributed by atoms with E-state index in [0.29, 0.717) is 32.5 Å². The maximum atomic E-state index is 12.5. The molecule has 0 bridgehead atoms. The van der Waals surface area contributed by atoms with Gasteiger partial charge in [0.1, 0.15) is 5.76 Å². The number of piperidine rings is 1. The van der Waals surface area contributed by atoms with Crippen LogP contribution in [0.15, 0.2) is 51.6 Å². The summed E-state index contributed by atoms with van der Waals surface area (Å²) in [6.07, 6.45) is 2.93. The number of rotatable bonds is 5. The van der Waals surface area contributed by atoms with Gasteiger partial charge < -0.3 is 20.0 Å². The molecule has 27 heavy (non-hydrogen) atoms. The fourth-order valence-corrected chi connectivity index (χ4v) is 3.45. The van der Waals surface area contributed by atoms with E-state index in [9.17, 15) is 9.59 Å². The van der Waals surface area contributed by atoms with Crippen LogP contribution in [0.3, 0.4) is 0 Å². The van der Waals surface area contributed by atoms with Crippen molar-refractivity contribution in [2.45, 2.75) is 32.4 Å². The molecular weight excluding hydrogens is 410 g/mol. The Hall–Kier alpha value is -2.28. The zero-order chi connectivity index (χ0) is 19.2. The molecule has 2 N–H and O–H groups in total. The van der Waals surface area contributed by atoms with Gasteiger partial charge in [0.2, 0.25) is 5.91 Å². The molecule has 3 amide bonds. The van der Waals surface area contributed by atoms with Crippen molar-refractivity contribution in [1.82, 2.24) is 15.5 Å². The summed E-state index contributed by atoms with van der Waals surface area (Å²) in [5.74, 6) is 0.699. The van der Waals surface area contributed by atoms with Crippen LogP contribution in [0.25, 0.3) is 0 Å². The Balaban J connectivity index is 1.43. The molecule has 0 radical (unpaired) electrons. The Morgan fingerprint density at radius 3 is 2.56 bits per heavy atom. The van der Waals surface area contributed by atoms with Crippen molar-refractivity contribution < 1.29 is 14.0 Å². The molecule has 2 aromatic rings. The van der Waals surface area contributed by atoms with Crippen LogP contribution in [0.4, 0.5) is 4.79 Å². The lowest BCUT2D eigenvalue weighted by atomic mass is 9.96. The first-order chi connectivity index (χ1) is 13.0. The lowest BCUT2D eigenvalue weighted by Crippen LogP contribution is -2.47. The molecule has 144 valence electrons. The number of carbonyl (C=O) groups is 2. The zero-order valence-corrected chi connectivity index (χ0v) is 16.9. The molecule has 3 rings (SSSR count). The molecule has 1 unspecified atom stereocenters. The summed E-state index contributed by atoms with van der Waals surface area (Å²) >= 11 is 3.41. The van der Waals surface area contributed by atoms with Crippen molar-refractivity contribution in [3.05, 3.63) is 58.5 Å². The molecule has 1 aliphatic heterocycles. The number of nitrogens with one attached hydrogen (secondary N) is 2. The molecule has 6 nitrogen and oxygen atoms in total. The molecule has 1 fully saturated rings. The van der Waals surface area contributed by atoms with Crippen molar-refractivity contribution >= 4 is 27.9 Å². The van der Waals surface area contributed by atoms with Crippen LogP contribution in [0, 0.1) is 5.92 Å². The summed E-state index contributed by atoms with van der Waals surface area (Å²) in [6, 6.07) is 11.4. The molecule has 1 saturated heterocycles. The summed E-state index contributed by atoms with van der Waals surface area (Å²) in [5, 5.41) is 5.93. The number of benzene rings is 1. The average Bonchev–Trinajstić information content (AvgIpc) is 3.20. The second kappa shape index (κ2) is 9.08. The van der Waals surface area contributed by atoms with Gasteiger partial charge in [-0.3, -0.25) is 4.79 Å². The number of halogens is 1. The quantitative estimate of drug-likeness (QED) is 0.751. The minimum absolute atomic E-state index is 0.0229. The third kappa shape index (κ3) is 5.35. The fraction of sp³-hybridized carbons (Fsp3) is 0.400. The van der Waals surface area contributed by atoms with Gasteiger partial charge >= 0.3 is 6.03 Å². The lowest BCUT2D eigenvalue weighted by Gasteiger charge is -2.32. The van der Waals surface area contributed by atoms with E-state index in [0.717, 1.165) is 15.8 Å². The van der Waals surface area contributed by atoms with Crippen molar-refractivity contribution in [1.29, 1.82) is 0 Å². The summed E-state index contributed by atoms with van der Waals surface area (Å²) in [5.41, 5.74) is 1.05. The van der Waals surface area contributed by atoms with Crippen LogP contribution in [0.1, 0.15) is 37.1 Å². The van der Waals surface area contributed by atoms with Crippen LogP contribution in [-0.2, 0) is 11.3 Å². The summed E-state index contributed by atoms with van der Waals surface area (Å²) in [6.45, 7) is 3.53. The number of hydrogen-bond acceptors (Lipinski definition) is 3. The van der Waals surface area contributed by atoms with Gasteiger partial charge in [-0.25, -0.2) is 4.79 Å². The average molecular weight is 434 g/mol. The molecule has 0 spiro atoms. The molecule has 1 aromatic heterocycles. The van der Waals surface area contributed by atoms with Gasteiger partial charge in [0.05, 0.1) is 18.8 Å². The highest BCUT2D eigenvalue weighted by atomic mass is 79.9. The largest absolute Gasteiger partial charge is 0.467 e. The first-order valence-corrected chi connectivity index (χ1v) is 9.93. The van der Waals surface area contributed by atoms with Gasteiger partial charge in [-0.2, -0.15) is 0 Å². The minimum atomic E-state index is -0.0835. The van der Waals surface area contributed by atoms with E-state index in [4.69, 9.17) is 4.42 Å². The highest BCUT2D eigenvalue weighted by Crippen LogP contribution is 2.20. The first kappa shape index (κ1) is 19.5. The second-order valence-electron chi connectivity index (χ2n) is 6.78. The van der Waals surface area contributed by atoms with Crippen LogP contribution < -0.4 is 10.6 Å². The number of amides is 3. The molecule has 0 saturated carbocycles. The molecule has 1 aromatic carbocycles. The van der Waals surface area contributed by atoms with E-state index in [2.05, 4.69) is 26.6 Å². The Morgan fingerprint density at radius 2 is 1.93 bits per heavy atom. The number of likely N-dealkylation sites (tertiary alicyclic amines) is 1. The van der Waals surface area contributed by atoms with Gasteiger partial charge in [0, 0.05) is 23.5 Å². The maximum Gasteiger partial charge on any atom is 0.317 e. The fourth-order valence-electron chi connectivity index (χ4n) is 3.19. The monoisotopic (exact) mass is 433 g/mol. The Morgan fingerprint density at radius 1 is 1.22 bits per heavy atom. The third-order valence-corrected chi connectivity index (χ3v) is 5.41. The number of carbonyl (C=O) groups excluding carboxylic acids is 2. The lowest BCUT2D eigenvalue weighted by molar-refractivity contribution is -0.126. The normalized spacial score (nSPS) is 16.0. The van der Waals surface area contributed by atoms with Crippen LogP contribution in [0.2, 0.25) is 0 Å². The van der Waals surface area contributed by atoms with Crippen molar-refractivity contribution in [3.63, 3.8) is 0 Å². The number of furan rings is 1. The third-order valence-electron chi connectivity index (χ3n) is 4.88. The Bertz CT molecular complexity index is 753. The van der Waals surface area contributed by atoms with E-state index in [1.54, 1.807) is 17.2 Å². The van der Waals surface area contributed by atoms with E-state index in [1.165, 1.54) is 0 Å².